The quantitative estimate of drug-likeness (QED) is 0.744. The van der Waals surface area contributed by atoms with Crippen LogP contribution in [0.2, 0.25) is 0 Å². The number of fused-ring (bicyclic) bond motifs is 1. The number of carbonyl (C=O) groups is 1. The largest absolute Gasteiger partial charge is 0.496 e. The number of hydrogen-bond acceptors (Lipinski definition) is 4. The minimum atomic E-state index is -0.143. The zero-order chi connectivity index (χ0) is 14.7. The number of thiophene rings is 1. The van der Waals surface area contributed by atoms with E-state index in [4.69, 9.17) is 9.47 Å². The predicted molar refractivity (Wildman–Crippen MR) is 85.6 cm³/mol. The van der Waals surface area contributed by atoms with Gasteiger partial charge >= 0.3 is 5.97 Å². The topological polar surface area (TPSA) is 35.5 Å². The van der Waals surface area contributed by atoms with Gasteiger partial charge < -0.3 is 9.47 Å². The molecule has 0 fully saturated rings. The average Bonchev–Trinajstić information content (AvgIpc) is 2.84. The molecule has 0 aliphatic carbocycles. The maximum absolute atomic E-state index is 11.4. The molecule has 2 rings (SSSR count). The van der Waals surface area contributed by atoms with Crippen LogP contribution in [-0.4, -0.2) is 20.2 Å². The summed E-state index contributed by atoms with van der Waals surface area (Å²) in [6.07, 6.45) is 1.69. The zero-order valence-electron chi connectivity index (χ0n) is 11.7. The summed E-state index contributed by atoms with van der Waals surface area (Å²) in [6, 6.07) is 6.28. The summed E-state index contributed by atoms with van der Waals surface area (Å²) in [5.41, 5.74) is 0. The van der Waals surface area contributed by atoms with Crippen molar-refractivity contribution in [3.05, 3.63) is 27.5 Å². The highest BCUT2D eigenvalue weighted by Gasteiger charge is 2.14. The van der Waals surface area contributed by atoms with Crippen molar-refractivity contribution < 1.29 is 14.3 Å². The van der Waals surface area contributed by atoms with Gasteiger partial charge in [0, 0.05) is 9.58 Å². The lowest BCUT2D eigenvalue weighted by Crippen LogP contribution is -2.13. The van der Waals surface area contributed by atoms with Gasteiger partial charge in [-0.1, -0.05) is 6.92 Å². The minimum absolute atomic E-state index is 0.0634. The van der Waals surface area contributed by atoms with E-state index in [1.54, 1.807) is 18.4 Å². The molecule has 0 bridgehead atoms. The van der Waals surface area contributed by atoms with Crippen molar-refractivity contribution in [2.75, 3.05) is 14.2 Å². The van der Waals surface area contributed by atoms with E-state index < -0.39 is 0 Å². The number of hydrogen-bond donors (Lipinski definition) is 0. The summed E-state index contributed by atoms with van der Waals surface area (Å²) in [4.78, 5) is 12.7. The molecular weight excluding hydrogens is 340 g/mol. The second-order valence-corrected chi connectivity index (χ2v) is 6.72. The number of halogens is 1. The van der Waals surface area contributed by atoms with Crippen LogP contribution in [0, 0.1) is 5.92 Å². The van der Waals surface area contributed by atoms with Crippen molar-refractivity contribution in [3.63, 3.8) is 0 Å². The molecule has 0 saturated carbocycles. The summed E-state index contributed by atoms with van der Waals surface area (Å²) in [6.45, 7) is 1.90. The van der Waals surface area contributed by atoms with Crippen LogP contribution < -0.4 is 4.74 Å². The van der Waals surface area contributed by atoms with Gasteiger partial charge in [-0.2, -0.15) is 0 Å². The Kier molecular flexibility index (Phi) is 5.05. The van der Waals surface area contributed by atoms with Crippen LogP contribution in [0.15, 0.2) is 22.7 Å². The van der Waals surface area contributed by atoms with Crippen LogP contribution in [-0.2, 0) is 16.0 Å². The summed E-state index contributed by atoms with van der Waals surface area (Å²) in [5, 5.41) is 1.20. The zero-order valence-corrected chi connectivity index (χ0v) is 14.1. The maximum Gasteiger partial charge on any atom is 0.308 e. The highest BCUT2D eigenvalue weighted by Crippen LogP contribution is 2.35. The van der Waals surface area contributed by atoms with E-state index in [2.05, 4.69) is 28.1 Å². The Bertz CT molecular complexity index is 621. The Morgan fingerprint density at radius 3 is 2.75 bits per heavy atom. The van der Waals surface area contributed by atoms with Crippen LogP contribution in [0.1, 0.15) is 18.2 Å². The molecular formula is C15H17BrO3S. The first-order valence-corrected chi connectivity index (χ1v) is 8.00. The number of ether oxygens (including phenoxy) is 2. The third kappa shape index (κ3) is 3.33. The number of carbonyl (C=O) groups excluding carboxylic acids is 1. The van der Waals surface area contributed by atoms with Gasteiger partial charge in [-0.25, -0.2) is 0 Å². The molecule has 0 spiro atoms. The standard InChI is InChI=1S/C15H17BrO3S/c1-9(15(17)19-3)4-5-11-6-10-7-12(16)13(18-2)8-14(10)20-11/h6-9H,4-5H2,1-3H3/t9-/m0/s1. The summed E-state index contributed by atoms with van der Waals surface area (Å²) < 4.78 is 12.2. The van der Waals surface area contributed by atoms with Gasteiger partial charge in [-0.05, 0) is 52.4 Å². The van der Waals surface area contributed by atoms with Crippen LogP contribution in [0.3, 0.4) is 0 Å². The van der Waals surface area contributed by atoms with Gasteiger partial charge in [0.05, 0.1) is 24.6 Å². The molecule has 1 heterocycles. The third-order valence-corrected chi connectivity index (χ3v) is 5.05. The van der Waals surface area contributed by atoms with Gasteiger partial charge in [0.2, 0.25) is 0 Å². The number of benzene rings is 1. The van der Waals surface area contributed by atoms with E-state index in [1.807, 2.05) is 13.0 Å². The maximum atomic E-state index is 11.4. The van der Waals surface area contributed by atoms with Gasteiger partial charge in [0.1, 0.15) is 5.75 Å². The fraction of sp³-hybridized carbons (Fsp3) is 0.400. The van der Waals surface area contributed by atoms with E-state index >= 15 is 0 Å². The SMILES string of the molecule is COC(=O)[C@@H](C)CCc1cc2cc(Br)c(OC)cc2s1. The van der Waals surface area contributed by atoms with Crippen LogP contribution in [0.5, 0.6) is 5.75 Å². The van der Waals surface area contributed by atoms with Gasteiger partial charge in [-0.15, -0.1) is 11.3 Å². The van der Waals surface area contributed by atoms with E-state index in [1.165, 1.54) is 22.1 Å². The smallest absolute Gasteiger partial charge is 0.308 e. The first-order valence-electron chi connectivity index (χ1n) is 6.39. The van der Waals surface area contributed by atoms with Gasteiger partial charge in [0.25, 0.3) is 0 Å². The first kappa shape index (κ1) is 15.3. The molecule has 2 aromatic rings. The van der Waals surface area contributed by atoms with Crippen molar-refractivity contribution in [2.45, 2.75) is 19.8 Å². The van der Waals surface area contributed by atoms with Crippen LogP contribution in [0.25, 0.3) is 10.1 Å². The van der Waals surface area contributed by atoms with Crippen LogP contribution >= 0.6 is 27.3 Å². The first-order chi connectivity index (χ1) is 9.55. The Morgan fingerprint density at radius 2 is 2.10 bits per heavy atom. The van der Waals surface area contributed by atoms with E-state index in [0.717, 1.165) is 23.1 Å². The highest BCUT2D eigenvalue weighted by atomic mass is 79.9. The van der Waals surface area contributed by atoms with Gasteiger partial charge in [-0.3, -0.25) is 4.79 Å². The van der Waals surface area contributed by atoms with Crippen molar-refractivity contribution in [2.24, 2.45) is 5.92 Å². The molecule has 0 aliphatic rings. The molecule has 20 heavy (non-hydrogen) atoms. The van der Waals surface area contributed by atoms with Crippen molar-refractivity contribution in [1.82, 2.24) is 0 Å². The molecule has 1 aromatic carbocycles. The molecule has 0 aliphatic heterocycles. The highest BCUT2D eigenvalue weighted by molar-refractivity contribution is 9.10. The lowest BCUT2D eigenvalue weighted by Gasteiger charge is -2.07. The molecule has 0 unspecified atom stereocenters. The molecule has 0 amide bonds. The minimum Gasteiger partial charge on any atom is -0.496 e. The van der Waals surface area contributed by atoms with Crippen molar-refractivity contribution >= 4 is 43.3 Å². The Hall–Kier alpha value is -1.07. The molecule has 5 heteroatoms. The summed E-state index contributed by atoms with van der Waals surface area (Å²) in [7, 11) is 3.10. The molecule has 0 radical (unpaired) electrons. The van der Waals surface area contributed by atoms with E-state index in [0.29, 0.717) is 0 Å². The summed E-state index contributed by atoms with van der Waals surface area (Å²) >= 11 is 5.24. The molecule has 1 aromatic heterocycles. The van der Waals surface area contributed by atoms with Crippen LogP contribution in [0.4, 0.5) is 0 Å². The Labute approximate surface area is 131 Å². The number of rotatable bonds is 5. The molecule has 0 N–H and O–H groups in total. The fourth-order valence-corrected chi connectivity index (χ4v) is 3.67. The molecule has 0 saturated heterocycles. The normalized spacial score (nSPS) is 12.4. The number of methoxy groups -OCH3 is 2. The Morgan fingerprint density at radius 1 is 1.35 bits per heavy atom. The second kappa shape index (κ2) is 6.59. The van der Waals surface area contributed by atoms with Gasteiger partial charge in [0.15, 0.2) is 0 Å². The lowest BCUT2D eigenvalue weighted by atomic mass is 10.1. The third-order valence-electron chi connectivity index (χ3n) is 3.27. The van der Waals surface area contributed by atoms with Crippen molar-refractivity contribution in [3.8, 4) is 5.75 Å². The fourth-order valence-electron chi connectivity index (χ4n) is 2.05. The molecule has 1 atom stereocenters. The predicted octanol–water partition coefficient (Wildman–Crippen LogP) is 4.41. The van der Waals surface area contributed by atoms with E-state index in [9.17, 15) is 4.79 Å². The Balaban J connectivity index is 2.14. The number of aryl methyl sites for hydroxylation is 1. The van der Waals surface area contributed by atoms with E-state index in [-0.39, 0.29) is 11.9 Å². The lowest BCUT2D eigenvalue weighted by molar-refractivity contribution is -0.145. The molecule has 3 nitrogen and oxygen atoms in total. The second-order valence-electron chi connectivity index (χ2n) is 4.70. The monoisotopic (exact) mass is 356 g/mol. The summed E-state index contributed by atoms with van der Waals surface area (Å²) in [5.74, 6) is 0.635. The molecule has 108 valence electrons. The average molecular weight is 357 g/mol. The number of esters is 1. The van der Waals surface area contributed by atoms with Crippen molar-refractivity contribution in [1.29, 1.82) is 0 Å².